The molecule has 0 spiro atoms. The molecule has 2 N–H and O–H groups in total. The van der Waals surface area contributed by atoms with Crippen molar-refractivity contribution in [3.05, 3.63) is 29.8 Å². The van der Waals surface area contributed by atoms with E-state index in [1.807, 2.05) is 6.92 Å². The molecule has 1 heterocycles. The van der Waals surface area contributed by atoms with E-state index >= 15 is 0 Å². The van der Waals surface area contributed by atoms with Crippen LogP contribution in [0.1, 0.15) is 18.9 Å². The monoisotopic (exact) mass is 511 g/mol. The summed E-state index contributed by atoms with van der Waals surface area (Å²) in [4.78, 5) is 9.32. The Kier molecular flexibility index (Phi) is 12.3. The van der Waals surface area contributed by atoms with Gasteiger partial charge >= 0.3 is 6.61 Å². The van der Waals surface area contributed by atoms with E-state index < -0.39 is 6.61 Å². The maximum atomic E-state index is 12.5. The third kappa shape index (κ3) is 9.33. The number of likely N-dealkylation sites (N-methyl/N-ethyl adjacent to an activating group) is 1. The average Bonchev–Trinajstić information content (AvgIpc) is 2.84. The molecule has 1 aromatic rings. The lowest BCUT2D eigenvalue weighted by molar-refractivity contribution is -0.0504. The number of benzene rings is 1. The Morgan fingerprint density at radius 2 is 1.96 bits per heavy atom. The Morgan fingerprint density at radius 3 is 2.71 bits per heavy atom. The smallest absolute Gasteiger partial charge is 0.387 e. The summed E-state index contributed by atoms with van der Waals surface area (Å²) in [5, 5.41) is 6.52. The number of hydrogen-bond acceptors (Lipinski definition) is 4. The molecule has 1 aromatic carbocycles. The fourth-order valence-electron chi connectivity index (χ4n) is 3.01. The third-order valence-electron chi connectivity index (χ3n) is 4.47. The molecule has 0 amide bonds. The van der Waals surface area contributed by atoms with Gasteiger partial charge in [0.25, 0.3) is 0 Å². The summed E-state index contributed by atoms with van der Waals surface area (Å²) in [6.07, 6.45) is 1.19. The largest absolute Gasteiger partial charge is 0.434 e. The lowest BCUT2D eigenvalue weighted by Crippen LogP contribution is -2.42. The number of para-hydroxylation sites is 1. The lowest BCUT2D eigenvalue weighted by Gasteiger charge is -2.21. The lowest BCUT2D eigenvalue weighted by atomic mass is 10.2. The van der Waals surface area contributed by atoms with Gasteiger partial charge in [-0.05, 0) is 39.5 Å². The van der Waals surface area contributed by atoms with E-state index in [0.29, 0.717) is 11.5 Å². The molecule has 0 radical (unpaired) electrons. The number of hydrogen-bond donors (Lipinski definition) is 2. The van der Waals surface area contributed by atoms with Crippen molar-refractivity contribution in [2.75, 3.05) is 52.9 Å². The van der Waals surface area contributed by atoms with Gasteiger partial charge in [-0.25, -0.2) is 4.99 Å². The highest BCUT2D eigenvalue weighted by molar-refractivity contribution is 14.0. The standard InChI is InChI=1S/C19H31F2N5O.HI/c1-3-22-19(23-9-12-26-11-6-10-25(2)13-14-26)24-15-16-7-4-5-8-17(16)27-18(20)21;/h4-5,7-8,18H,3,6,9-15H2,1-2H3,(H2,22,23,24);1H. The highest BCUT2D eigenvalue weighted by Gasteiger charge is 2.12. The summed E-state index contributed by atoms with van der Waals surface area (Å²) < 4.78 is 29.6. The van der Waals surface area contributed by atoms with E-state index in [-0.39, 0.29) is 36.3 Å². The molecule has 1 fully saturated rings. The normalized spacial score (nSPS) is 16.4. The minimum atomic E-state index is -2.84. The van der Waals surface area contributed by atoms with Crippen LogP contribution in [0.3, 0.4) is 0 Å². The van der Waals surface area contributed by atoms with E-state index in [1.54, 1.807) is 18.2 Å². The van der Waals surface area contributed by atoms with Gasteiger partial charge < -0.3 is 25.2 Å². The molecule has 0 bridgehead atoms. The Labute approximate surface area is 183 Å². The quantitative estimate of drug-likeness (QED) is 0.320. The van der Waals surface area contributed by atoms with Crippen LogP contribution in [-0.4, -0.2) is 75.2 Å². The summed E-state index contributed by atoms with van der Waals surface area (Å²) in [7, 11) is 2.16. The van der Waals surface area contributed by atoms with Crippen molar-refractivity contribution in [3.8, 4) is 5.75 Å². The highest BCUT2D eigenvalue weighted by atomic mass is 127. The molecule has 0 unspecified atom stereocenters. The first-order valence-corrected chi connectivity index (χ1v) is 9.54. The number of nitrogens with zero attached hydrogens (tertiary/aromatic N) is 3. The van der Waals surface area contributed by atoms with Crippen LogP contribution in [0.15, 0.2) is 29.3 Å². The van der Waals surface area contributed by atoms with E-state index in [0.717, 1.165) is 45.8 Å². The highest BCUT2D eigenvalue weighted by Crippen LogP contribution is 2.20. The molecular formula is C19H32F2IN5O. The van der Waals surface area contributed by atoms with E-state index in [2.05, 4.69) is 37.2 Å². The van der Waals surface area contributed by atoms with E-state index in [4.69, 9.17) is 0 Å². The van der Waals surface area contributed by atoms with Crippen molar-refractivity contribution < 1.29 is 13.5 Å². The summed E-state index contributed by atoms with van der Waals surface area (Å²) in [6, 6.07) is 6.75. The number of rotatable bonds is 8. The topological polar surface area (TPSA) is 52.1 Å². The molecule has 0 aromatic heterocycles. The van der Waals surface area contributed by atoms with Gasteiger partial charge in [-0.3, -0.25) is 0 Å². The first-order valence-electron chi connectivity index (χ1n) is 9.54. The molecule has 9 heteroatoms. The molecule has 28 heavy (non-hydrogen) atoms. The minimum Gasteiger partial charge on any atom is -0.434 e. The fourth-order valence-corrected chi connectivity index (χ4v) is 3.01. The molecule has 0 aliphatic carbocycles. The molecule has 6 nitrogen and oxygen atoms in total. The predicted octanol–water partition coefficient (Wildman–Crippen LogP) is 2.60. The van der Waals surface area contributed by atoms with Gasteiger partial charge in [-0.2, -0.15) is 8.78 Å². The number of aliphatic imine (C=N–C) groups is 1. The molecular weight excluding hydrogens is 479 g/mol. The number of ether oxygens (including phenoxy) is 1. The Bertz CT molecular complexity index is 591. The summed E-state index contributed by atoms with van der Waals surface area (Å²) in [6.45, 7) is 6.31. The Balaban J connectivity index is 0.00000392. The van der Waals surface area contributed by atoms with E-state index in [9.17, 15) is 8.78 Å². The minimum absolute atomic E-state index is 0. The maximum Gasteiger partial charge on any atom is 0.387 e. The molecule has 1 aliphatic heterocycles. The zero-order valence-electron chi connectivity index (χ0n) is 16.7. The second-order valence-electron chi connectivity index (χ2n) is 6.61. The summed E-state index contributed by atoms with van der Waals surface area (Å²) in [5.41, 5.74) is 0.630. The van der Waals surface area contributed by atoms with Crippen LogP contribution in [0.2, 0.25) is 0 Å². The van der Waals surface area contributed by atoms with Crippen LogP contribution in [0, 0.1) is 0 Å². The van der Waals surface area contributed by atoms with Crippen LogP contribution in [0.5, 0.6) is 5.75 Å². The first kappa shape index (κ1) is 24.8. The second-order valence-corrected chi connectivity index (χ2v) is 6.61. The van der Waals surface area contributed by atoms with Gasteiger partial charge in [0.15, 0.2) is 5.96 Å². The fraction of sp³-hybridized carbons (Fsp3) is 0.632. The zero-order valence-corrected chi connectivity index (χ0v) is 19.0. The van der Waals surface area contributed by atoms with Crippen molar-refractivity contribution in [1.29, 1.82) is 0 Å². The molecule has 1 aliphatic rings. The summed E-state index contributed by atoms with van der Waals surface area (Å²) in [5.74, 6) is 0.845. The van der Waals surface area contributed by atoms with Crippen LogP contribution in [-0.2, 0) is 6.54 Å². The molecule has 0 saturated carbocycles. The first-order chi connectivity index (χ1) is 13.1. The SMILES string of the molecule is CCNC(=NCc1ccccc1OC(F)F)NCCN1CCCN(C)CC1.I. The average molecular weight is 511 g/mol. The maximum absolute atomic E-state index is 12.5. The predicted molar refractivity (Wildman–Crippen MR) is 120 cm³/mol. The molecule has 2 rings (SSSR count). The van der Waals surface area contributed by atoms with Crippen LogP contribution < -0.4 is 15.4 Å². The van der Waals surface area contributed by atoms with Crippen LogP contribution in [0.4, 0.5) is 8.78 Å². The van der Waals surface area contributed by atoms with E-state index in [1.165, 1.54) is 12.5 Å². The van der Waals surface area contributed by atoms with Crippen LogP contribution >= 0.6 is 24.0 Å². The van der Waals surface area contributed by atoms with Crippen molar-refractivity contribution >= 4 is 29.9 Å². The van der Waals surface area contributed by atoms with Crippen molar-refractivity contribution in [2.45, 2.75) is 26.5 Å². The Hall–Kier alpha value is -1.20. The van der Waals surface area contributed by atoms with Gasteiger partial charge in [-0.15, -0.1) is 24.0 Å². The van der Waals surface area contributed by atoms with Gasteiger partial charge in [0.05, 0.1) is 6.54 Å². The number of nitrogens with one attached hydrogen (secondary N) is 2. The summed E-state index contributed by atoms with van der Waals surface area (Å²) >= 11 is 0. The van der Waals surface area contributed by atoms with Crippen molar-refractivity contribution in [2.24, 2.45) is 4.99 Å². The molecule has 0 atom stereocenters. The van der Waals surface area contributed by atoms with Crippen LogP contribution in [0.25, 0.3) is 0 Å². The van der Waals surface area contributed by atoms with Gasteiger partial charge in [0, 0.05) is 38.3 Å². The molecule has 160 valence electrons. The van der Waals surface area contributed by atoms with Crippen molar-refractivity contribution in [1.82, 2.24) is 20.4 Å². The number of guanidine groups is 1. The van der Waals surface area contributed by atoms with Crippen molar-refractivity contribution in [3.63, 3.8) is 0 Å². The van der Waals surface area contributed by atoms with Gasteiger partial charge in [0.2, 0.25) is 0 Å². The second kappa shape index (κ2) is 13.9. The number of halogens is 3. The van der Waals surface area contributed by atoms with Gasteiger partial charge in [0.1, 0.15) is 5.75 Å². The third-order valence-corrected chi connectivity index (χ3v) is 4.47. The Morgan fingerprint density at radius 1 is 1.18 bits per heavy atom. The van der Waals surface area contributed by atoms with Gasteiger partial charge in [-0.1, -0.05) is 18.2 Å². The number of alkyl halides is 2. The molecule has 1 saturated heterocycles. The zero-order chi connectivity index (χ0) is 19.5.